The summed E-state index contributed by atoms with van der Waals surface area (Å²) in [5.41, 5.74) is 6.59. The average Bonchev–Trinajstić information content (AvgIpc) is 2.75. The van der Waals surface area contributed by atoms with Crippen LogP contribution >= 0.6 is 0 Å². The second-order valence-corrected chi connectivity index (χ2v) is 4.00. The van der Waals surface area contributed by atoms with Crippen molar-refractivity contribution in [2.75, 3.05) is 19.6 Å². The Hall–Kier alpha value is -1.36. The van der Waals surface area contributed by atoms with Crippen LogP contribution in [-0.2, 0) is 17.8 Å². The van der Waals surface area contributed by atoms with Crippen LogP contribution in [0.2, 0.25) is 0 Å². The fourth-order valence-corrected chi connectivity index (χ4v) is 1.74. The van der Waals surface area contributed by atoms with Gasteiger partial charge in [0.25, 0.3) is 0 Å². The van der Waals surface area contributed by atoms with Gasteiger partial charge in [-0.2, -0.15) is 5.10 Å². The normalized spacial score (nSPS) is 10.5. The highest BCUT2D eigenvalue weighted by Crippen LogP contribution is 2.02. The van der Waals surface area contributed by atoms with Crippen molar-refractivity contribution < 1.29 is 4.79 Å². The van der Waals surface area contributed by atoms with Crippen molar-refractivity contribution in [1.82, 2.24) is 14.7 Å². The molecular formula is C12H22N4O. The molecular weight excluding hydrogens is 216 g/mol. The Balaban J connectivity index is 2.51. The first-order chi connectivity index (χ1) is 8.21. The van der Waals surface area contributed by atoms with Crippen molar-refractivity contribution in [1.29, 1.82) is 0 Å². The van der Waals surface area contributed by atoms with Gasteiger partial charge in [0, 0.05) is 19.3 Å². The number of aromatic nitrogens is 2. The summed E-state index contributed by atoms with van der Waals surface area (Å²) in [6.07, 6.45) is 5.62. The minimum atomic E-state index is 0.114. The van der Waals surface area contributed by atoms with Crippen molar-refractivity contribution in [2.24, 2.45) is 5.73 Å². The Labute approximate surface area is 103 Å². The van der Waals surface area contributed by atoms with Gasteiger partial charge in [0.15, 0.2) is 0 Å². The molecule has 1 aromatic heterocycles. The van der Waals surface area contributed by atoms with Crippen LogP contribution in [0.25, 0.3) is 0 Å². The Kier molecular flexibility index (Phi) is 5.69. The molecule has 2 N–H and O–H groups in total. The largest absolute Gasteiger partial charge is 0.342 e. The topological polar surface area (TPSA) is 64.2 Å². The summed E-state index contributed by atoms with van der Waals surface area (Å²) in [7, 11) is 0. The highest BCUT2D eigenvalue weighted by atomic mass is 16.2. The molecule has 0 saturated heterocycles. The van der Waals surface area contributed by atoms with Gasteiger partial charge in [0.2, 0.25) is 5.91 Å². The molecule has 0 bridgehead atoms. The van der Waals surface area contributed by atoms with Gasteiger partial charge in [-0.05, 0) is 38.8 Å². The number of nitrogens with two attached hydrogens (primary N) is 1. The number of likely N-dealkylation sites (N-methyl/N-ethyl adjacent to an activating group) is 1. The molecule has 0 aliphatic rings. The van der Waals surface area contributed by atoms with E-state index in [9.17, 15) is 4.79 Å². The van der Waals surface area contributed by atoms with Crippen molar-refractivity contribution >= 4 is 5.91 Å². The zero-order valence-electron chi connectivity index (χ0n) is 10.7. The first-order valence-electron chi connectivity index (χ1n) is 6.20. The number of aryl methyl sites for hydroxylation is 1. The fraction of sp³-hybridized carbons (Fsp3) is 0.667. The van der Waals surface area contributed by atoms with Gasteiger partial charge in [-0.1, -0.05) is 0 Å². The zero-order valence-corrected chi connectivity index (χ0v) is 10.7. The molecule has 0 unspecified atom stereocenters. The van der Waals surface area contributed by atoms with Crippen molar-refractivity contribution in [3.05, 3.63) is 18.0 Å². The highest BCUT2D eigenvalue weighted by molar-refractivity contribution is 5.75. The summed E-state index contributed by atoms with van der Waals surface area (Å²) < 4.78 is 1.70. The molecule has 5 heteroatoms. The van der Waals surface area contributed by atoms with E-state index in [1.54, 1.807) is 9.58 Å². The third-order valence-electron chi connectivity index (χ3n) is 2.77. The summed E-state index contributed by atoms with van der Waals surface area (Å²) in [6.45, 7) is 6.47. The van der Waals surface area contributed by atoms with Gasteiger partial charge in [0.1, 0.15) is 6.54 Å². The van der Waals surface area contributed by atoms with Crippen LogP contribution in [0.4, 0.5) is 0 Å². The lowest BCUT2D eigenvalue weighted by atomic mass is 10.2. The number of carbonyl (C=O) groups excluding carboxylic acids is 1. The SMILES string of the molecule is CCN(CC)C(=O)Cn1cc(CCCN)cn1. The molecule has 17 heavy (non-hydrogen) atoms. The van der Waals surface area contributed by atoms with E-state index in [0.717, 1.165) is 31.5 Å². The summed E-state index contributed by atoms with van der Waals surface area (Å²) >= 11 is 0. The van der Waals surface area contributed by atoms with Crippen molar-refractivity contribution in [3.8, 4) is 0 Å². The van der Waals surface area contributed by atoms with Crippen LogP contribution in [0, 0.1) is 0 Å². The van der Waals surface area contributed by atoms with Gasteiger partial charge >= 0.3 is 0 Å². The second-order valence-electron chi connectivity index (χ2n) is 4.00. The van der Waals surface area contributed by atoms with Gasteiger partial charge in [-0.3, -0.25) is 9.48 Å². The van der Waals surface area contributed by atoms with Gasteiger partial charge < -0.3 is 10.6 Å². The molecule has 0 atom stereocenters. The molecule has 0 fully saturated rings. The number of rotatable bonds is 7. The molecule has 0 aliphatic heterocycles. The molecule has 0 radical (unpaired) electrons. The second kappa shape index (κ2) is 7.06. The Morgan fingerprint density at radius 2 is 2.18 bits per heavy atom. The predicted molar refractivity (Wildman–Crippen MR) is 67.5 cm³/mol. The van der Waals surface area contributed by atoms with E-state index >= 15 is 0 Å². The lowest BCUT2D eigenvalue weighted by Crippen LogP contribution is -2.33. The maximum atomic E-state index is 11.8. The molecule has 0 aliphatic carbocycles. The number of hydrogen-bond acceptors (Lipinski definition) is 3. The maximum Gasteiger partial charge on any atom is 0.244 e. The van der Waals surface area contributed by atoms with Crippen LogP contribution in [0.5, 0.6) is 0 Å². The standard InChI is InChI=1S/C12H22N4O/c1-3-15(4-2)12(17)10-16-9-11(8-14-16)6-5-7-13/h8-9H,3-7,10,13H2,1-2H3. The third-order valence-corrected chi connectivity index (χ3v) is 2.77. The van der Waals surface area contributed by atoms with E-state index in [4.69, 9.17) is 5.73 Å². The number of nitrogens with zero attached hydrogens (tertiary/aromatic N) is 3. The summed E-state index contributed by atoms with van der Waals surface area (Å²) in [6, 6.07) is 0. The van der Waals surface area contributed by atoms with Crippen molar-refractivity contribution in [2.45, 2.75) is 33.2 Å². The average molecular weight is 238 g/mol. The molecule has 96 valence electrons. The summed E-state index contributed by atoms with van der Waals surface area (Å²) in [5.74, 6) is 0.114. The van der Waals surface area contributed by atoms with E-state index in [1.165, 1.54) is 0 Å². The molecule has 0 saturated carbocycles. The maximum absolute atomic E-state index is 11.8. The van der Waals surface area contributed by atoms with E-state index in [2.05, 4.69) is 5.10 Å². The van der Waals surface area contributed by atoms with E-state index in [-0.39, 0.29) is 5.91 Å². The Morgan fingerprint density at radius 3 is 2.76 bits per heavy atom. The van der Waals surface area contributed by atoms with E-state index in [0.29, 0.717) is 13.1 Å². The lowest BCUT2D eigenvalue weighted by Gasteiger charge is -2.18. The summed E-state index contributed by atoms with van der Waals surface area (Å²) in [4.78, 5) is 13.6. The Morgan fingerprint density at radius 1 is 1.47 bits per heavy atom. The van der Waals surface area contributed by atoms with Crippen LogP contribution in [0.3, 0.4) is 0 Å². The Bertz CT molecular complexity index is 344. The molecule has 1 rings (SSSR count). The van der Waals surface area contributed by atoms with E-state index < -0.39 is 0 Å². The first kappa shape index (κ1) is 13.7. The number of amides is 1. The zero-order chi connectivity index (χ0) is 12.7. The van der Waals surface area contributed by atoms with Crippen molar-refractivity contribution in [3.63, 3.8) is 0 Å². The third kappa shape index (κ3) is 4.19. The van der Waals surface area contributed by atoms with Gasteiger partial charge in [-0.25, -0.2) is 0 Å². The summed E-state index contributed by atoms with van der Waals surface area (Å²) in [5, 5.41) is 4.19. The van der Waals surface area contributed by atoms with Gasteiger partial charge in [0.05, 0.1) is 6.20 Å². The predicted octanol–water partition coefficient (Wildman–Crippen LogP) is 0.643. The van der Waals surface area contributed by atoms with E-state index in [1.807, 2.05) is 26.2 Å². The van der Waals surface area contributed by atoms with Crippen LogP contribution in [-0.4, -0.2) is 40.2 Å². The molecule has 5 nitrogen and oxygen atoms in total. The van der Waals surface area contributed by atoms with Gasteiger partial charge in [-0.15, -0.1) is 0 Å². The fourth-order valence-electron chi connectivity index (χ4n) is 1.74. The van der Waals surface area contributed by atoms with Crippen LogP contribution in [0.1, 0.15) is 25.8 Å². The van der Waals surface area contributed by atoms with Crippen LogP contribution < -0.4 is 5.73 Å². The quantitative estimate of drug-likeness (QED) is 0.758. The molecule has 1 amide bonds. The van der Waals surface area contributed by atoms with Crippen LogP contribution in [0.15, 0.2) is 12.4 Å². The lowest BCUT2D eigenvalue weighted by molar-refractivity contribution is -0.131. The molecule has 0 spiro atoms. The molecule has 1 heterocycles. The minimum Gasteiger partial charge on any atom is -0.342 e. The monoisotopic (exact) mass is 238 g/mol. The molecule has 0 aromatic carbocycles. The number of hydrogen-bond donors (Lipinski definition) is 1. The number of carbonyl (C=O) groups is 1. The molecule has 1 aromatic rings. The smallest absolute Gasteiger partial charge is 0.244 e. The first-order valence-corrected chi connectivity index (χ1v) is 6.20. The minimum absolute atomic E-state index is 0.114. The highest BCUT2D eigenvalue weighted by Gasteiger charge is 2.10.